The van der Waals surface area contributed by atoms with Gasteiger partial charge in [0.05, 0.1) is 17.5 Å². The molecular weight excluding hydrogens is 336 g/mol. The molecule has 5 rings (SSSR count). The topological polar surface area (TPSA) is 64.8 Å². The van der Waals surface area contributed by atoms with Gasteiger partial charge in [-0.2, -0.15) is 0 Å². The molecule has 27 heavy (non-hydrogen) atoms. The fourth-order valence-electron chi connectivity index (χ4n) is 4.15. The van der Waals surface area contributed by atoms with Crippen LogP contribution in [0, 0.1) is 0 Å². The average molecular weight is 358 g/mol. The summed E-state index contributed by atoms with van der Waals surface area (Å²) >= 11 is 0. The molecule has 1 aliphatic heterocycles. The minimum atomic E-state index is 0.195. The van der Waals surface area contributed by atoms with E-state index in [1.807, 2.05) is 47.5 Å². The standard InChI is InChI=1S/C22H22N4O/c27-21(12-16-13-23-18-8-2-1-7-17(16)18)26-11-5-6-15(14-26)22-24-19-9-3-4-10-20(19)25-22/h1-4,7-10,13,15,23H,5-6,11-12,14H2,(H,24,25). The van der Waals surface area contributed by atoms with Gasteiger partial charge in [0.2, 0.25) is 5.91 Å². The Morgan fingerprint density at radius 1 is 1.11 bits per heavy atom. The third-order valence-corrected chi connectivity index (χ3v) is 5.59. The van der Waals surface area contributed by atoms with Gasteiger partial charge < -0.3 is 14.9 Å². The maximum atomic E-state index is 12.9. The zero-order valence-corrected chi connectivity index (χ0v) is 15.1. The van der Waals surface area contributed by atoms with E-state index in [-0.39, 0.29) is 11.8 Å². The molecule has 2 aromatic carbocycles. The van der Waals surface area contributed by atoms with E-state index >= 15 is 0 Å². The lowest BCUT2D eigenvalue weighted by Gasteiger charge is -2.32. The van der Waals surface area contributed by atoms with Crippen molar-refractivity contribution in [2.75, 3.05) is 13.1 Å². The second-order valence-corrected chi connectivity index (χ2v) is 7.35. The summed E-state index contributed by atoms with van der Waals surface area (Å²) in [5.41, 5.74) is 4.21. The van der Waals surface area contributed by atoms with Crippen LogP contribution in [0.1, 0.15) is 30.1 Å². The Hall–Kier alpha value is -3.08. The Labute approximate surface area is 157 Å². The van der Waals surface area contributed by atoms with Gasteiger partial charge in [0.1, 0.15) is 5.82 Å². The molecule has 5 nitrogen and oxygen atoms in total. The van der Waals surface area contributed by atoms with E-state index in [0.717, 1.165) is 59.3 Å². The largest absolute Gasteiger partial charge is 0.361 e. The number of fused-ring (bicyclic) bond motifs is 2. The lowest BCUT2D eigenvalue weighted by Crippen LogP contribution is -2.40. The van der Waals surface area contributed by atoms with E-state index in [2.05, 4.69) is 22.1 Å². The molecule has 5 heteroatoms. The van der Waals surface area contributed by atoms with Gasteiger partial charge in [-0.1, -0.05) is 30.3 Å². The Morgan fingerprint density at radius 2 is 1.93 bits per heavy atom. The molecule has 136 valence electrons. The highest BCUT2D eigenvalue weighted by atomic mass is 16.2. The smallest absolute Gasteiger partial charge is 0.227 e. The van der Waals surface area contributed by atoms with E-state index in [1.165, 1.54) is 0 Å². The van der Waals surface area contributed by atoms with Crippen LogP contribution >= 0.6 is 0 Å². The van der Waals surface area contributed by atoms with Crippen molar-refractivity contribution >= 4 is 27.8 Å². The molecule has 2 aromatic heterocycles. The predicted octanol–water partition coefficient (Wildman–Crippen LogP) is 3.99. The van der Waals surface area contributed by atoms with Crippen molar-refractivity contribution < 1.29 is 4.79 Å². The maximum absolute atomic E-state index is 12.9. The van der Waals surface area contributed by atoms with Gasteiger partial charge in [-0.3, -0.25) is 4.79 Å². The van der Waals surface area contributed by atoms with Crippen molar-refractivity contribution in [1.29, 1.82) is 0 Å². The molecule has 4 aromatic rings. The normalized spacial score (nSPS) is 17.6. The van der Waals surface area contributed by atoms with E-state index in [4.69, 9.17) is 4.98 Å². The minimum Gasteiger partial charge on any atom is -0.361 e. The second kappa shape index (κ2) is 6.58. The third kappa shape index (κ3) is 2.99. The zero-order valence-electron chi connectivity index (χ0n) is 15.1. The summed E-state index contributed by atoms with van der Waals surface area (Å²) in [6.07, 6.45) is 4.48. The zero-order chi connectivity index (χ0) is 18.2. The summed E-state index contributed by atoms with van der Waals surface area (Å²) in [7, 11) is 0. The van der Waals surface area contributed by atoms with Crippen LogP contribution in [0.2, 0.25) is 0 Å². The van der Waals surface area contributed by atoms with E-state index < -0.39 is 0 Å². The molecule has 1 saturated heterocycles. The highest BCUT2D eigenvalue weighted by Crippen LogP contribution is 2.27. The molecule has 1 fully saturated rings. The number of imidazole rings is 1. The van der Waals surface area contributed by atoms with Crippen LogP contribution < -0.4 is 0 Å². The van der Waals surface area contributed by atoms with Crippen LogP contribution in [0.4, 0.5) is 0 Å². The number of para-hydroxylation sites is 3. The first-order chi connectivity index (χ1) is 13.3. The Kier molecular flexibility index (Phi) is 3.93. The van der Waals surface area contributed by atoms with Gasteiger partial charge in [-0.25, -0.2) is 4.98 Å². The molecule has 0 saturated carbocycles. The number of hydrogen-bond acceptors (Lipinski definition) is 2. The van der Waals surface area contributed by atoms with Crippen LogP contribution in [0.15, 0.2) is 54.7 Å². The Morgan fingerprint density at radius 3 is 2.81 bits per heavy atom. The summed E-state index contributed by atoms with van der Waals surface area (Å²) in [5.74, 6) is 1.47. The monoisotopic (exact) mass is 358 g/mol. The van der Waals surface area contributed by atoms with Crippen molar-refractivity contribution in [3.05, 3.63) is 66.1 Å². The summed E-state index contributed by atoms with van der Waals surface area (Å²) in [6, 6.07) is 16.2. The van der Waals surface area contributed by atoms with Gasteiger partial charge in [0.15, 0.2) is 0 Å². The number of benzene rings is 2. The fourth-order valence-corrected chi connectivity index (χ4v) is 4.15. The molecule has 0 radical (unpaired) electrons. The molecule has 1 aliphatic rings. The predicted molar refractivity (Wildman–Crippen MR) is 107 cm³/mol. The van der Waals surface area contributed by atoms with E-state index in [0.29, 0.717) is 6.42 Å². The first kappa shape index (κ1) is 16.1. The molecule has 0 aliphatic carbocycles. The van der Waals surface area contributed by atoms with Crippen LogP contribution in [0.5, 0.6) is 0 Å². The first-order valence-electron chi connectivity index (χ1n) is 9.55. The van der Waals surface area contributed by atoms with E-state index in [1.54, 1.807) is 0 Å². The Bertz CT molecular complexity index is 1080. The van der Waals surface area contributed by atoms with Gasteiger partial charge in [-0.15, -0.1) is 0 Å². The fraction of sp³-hybridized carbons (Fsp3) is 0.273. The molecule has 3 heterocycles. The maximum Gasteiger partial charge on any atom is 0.227 e. The van der Waals surface area contributed by atoms with Crippen molar-refractivity contribution in [1.82, 2.24) is 19.9 Å². The number of aromatic nitrogens is 3. The highest BCUT2D eigenvalue weighted by molar-refractivity contribution is 5.89. The van der Waals surface area contributed by atoms with Gasteiger partial charge in [0, 0.05) is 36.1 Å². The van der Waals surface area contributed by atoms with Crippen LogP contribution in [-0.2, 0) is 11.2 Å². The number of piperidine rings is 1. The molecule has 1 unspecified atom stereocenters. The highest BCUT2D eigenvalue weighted by Gasteiger charge is 2.27. The van der Waals surface area contributed by atoms with Gasteiger partial charge in [0.25, 0.3) is 0 Å². The lowest BCUT2D eigenvalue weighted by molar-refractivity contribution is -0.131. The third-order valence-electron chi connectivity index (χ3n) is 5.59. The molecule has 1 amide bonds. The average Bonchev–Trinajstić information content (AvgIpc) is 3.32. The van der Waals surface area contributed by atoms with E-state index in [9.17, 15) is 4.79 Å². The van der Waals surface area contributed by atoms with Crippen LogP contribution in [0.25, 0.3) is 21.9 Å². The lowest BCUT2D eigenvalue weighted by atomic mass is 9.96. The number of H-pyrrole nitrogens is 2. The number of nitrogens with one attached hydrogen (secondary N) is 2. The number of carbonyl (C=O) groups excluding carboxylic acids is 1. The van der Waals surface area contributed by atoms with Crippen molar-refractivity contribution in [3.63, 3.8) is 0 Å². The number of carbonyl (C=O) groups is 1. The number of hydrogen-bond donors (Lipinski definition) is 2. The van der Waals surface area contributed by atoms with Gasteiger partial charge >= 0.3 is 0 Å². The molecule has 2 N–H and O–H groups in total. The quantitative estimate of drug-likeness (QED) is 0.581. The second-order valence-electron chi connectivity index (χ2n) is 7.35. The summed E-state index contributed by atoms with van der Waals surface area (Å²) in [6.45, 7) is 1.57. The number of aromatic amines is 2. The molecule has 0 bridgehead atoms. The number of nitrogens with zero attached hydrogens (tertiary/aromatic N) is 2. The molecule has 1 atom stereocenters. The molecular formula is C22H22N4O. The molecule has 0 spiro atoms. The number of amides is 1. The Balaban J connectivity index is 1.33. The van der Waals surface area contributed by atoms with Crippen LogP contribution in [-0.4, -0.2) is 38.8 Å². The van der Waals surface area contributed by atoms with Gasteiger partial charge in [-0.05, 0) is 36.6 Å². The number of rotatable bonds is 3. The van der Waals surface area contributed by atoms with Crippen molar-refractivity contribution in [2.45, 2.75) is 25.2 Å². The van der Waals surface area contributed by atoms with Crippen molar-refractivity contribution in [3.8, 4) is 0 Å². The summed E-state index contributed by atoms with van der Waals surface area (Å²) in [4.78, 5) is 26.4. The minimum absolute atomic E-state index is 0.195. The number of likely N-dealkylation sites (tertiary alicyclic amines) is 1. The summed E-state index contributed by atoms with van der Waals surface area (Å²) < 4.78 is 0. The van der Waals surface area contributed by atoms with Crippen molar-refractivity contribution in [2.24, 2.45) is 0 Å². The SMILES string of the molecule is O=C(Cc1c[nH]c2ccccc12)N1CCCC(c2nc3ccccc3[nH]2)C1. The van der Waals surface area contributed by atoms with Crippen LogP contribution in [0.3, 0.4) is 0 Å². The summed E-state index contributed by atoms with van der Waals surface area (Å²) in [5, 5.41) is 1.14. The first-order valence-corrected chi connectivity index (χ1v) is 9.55.